The van der Waals surface area contributed by atoms with Crippen molar-refractivity contribution in [3.8, 4) is 5.18 Å². The second-order valence-electron chi connectivity index (χ2n) is 2.20. The molecule has 1 unspecified atom stereocenters. The van der Waals surface area contributed by atoms with E-state index in [2.05, 4.69) is 25.3 Å². The summed E-state index contributed by atoms with van der Waals surface area (Å²) < 4.78 is 0.528. The average Bonchev–Trinajstić information content (AvgIpc) is 2.18. The van der Waals surface area contributed by atoms with Crippen LogP contribution in [0.1, 0.15) is 20.3 Å². The molecule has 0 saturated carbocycles. The standard InChI is InChI=1S/C6H11S/c1-4-6(2)5-7(6)3/h4H2,1-3H3/q-1. The zero-order valence-corrected chi connectivity index (χ0v) is 5.93. The molecule has 0 fully saturated rings. The van der Waals surface area contributed by atoms with Crippen molar-refractivity contribution >= 4 is 10.3 Å². The Morgan fingerprint density at radius 1 is 1.71 bits per heavy atom. The van der Waals surface area contributed by atoms with Gasteiger partial charge in [0.2, 0.25) is 0 Å². The highest BCUT2D eigenvalue weighted by Gasteiger charge is 2.13. The van der Waals surface area contributed by atoms with E-state index in [4.69, 9.17) is 0 Å². The Kier molecular flexibility index (Phi) is 0.980. The van der Waals surface area contributed by atoms with E-state index in [0.29, 0.717) is 15.0 Å². The minimum atomic E-state index is 0.528. The van der Waals surface area contributed by atoms with E-state index in [1.165, 1.54) is 6.42 Å². The summed E-state index contributed by atoms with van der Waals surface area (Å²) in [6.07, 6.45) is 3.52. The van der Waals surface area contributed by atoms with Crippen LogP contribution in [0.25, 0.3) is 0 Å². The first-order valence-electron chi connectivity index (χ1n) is 2.63. The Labute approximate surface area is 47.5 Å². The maximum Gasteiger partial charge on any atom is -0.0615 e. The Morgan fingerprint density at radius 2 is 2.14 bits per heavy atom. The fraction of sp³-hybridized carbons (Fsp3) is 0.833. The summed E-state index contributed by atoms with van der Waals surface area (Å²) >= 11 is 0. The normalized spacial score (nSPS) is 39.3. The first-order chi connectivity index (χ1) is 3.19. The lowest BCUT2D eigenvalue weighted by molar-refractivity contribution is 0.806. The molecule has 0 bridgehead atoms. The van der Waals surface area contributed by atoms with E-state index < -0.39 is 0 Å². The van der Waals surface area contributed by atoms with Crippen LogP contribution in [0.4, 0.5) is 0 Å². The smallest absolute Gasteiger partial charge is 0.0615 e. The first-order valence-corrected chi connectivity index (χ1v) is 4.26. The third-order valence-electron chi connectivity index (χ3n) is 1.68. The molecule has 7 heavy (non-hydrogen) atoms. The summed E-state index contributed by atoms with van der Waals surface area (Å²) in [6, 6.07) is 0. The van der Waals surface area contributed by atoms with E-state index in [9.17, 15) is 0 Å². The van der Waals surface area contributed by atoms with Crippen molar-refractivity contribution in [1.82, 2.24) is 0 Å². The van der Waals surface area contributed by atoms with Crippen LogP contribution in [0.15, 0.2) is 0 Å². The predicted octanol–water partition coefficient (Wildman–Crippen LogP) is 1.38. The van der Waals surface area contributed by atoms with Crippen molar-refractivity contribution in [3.05, 3.63) is 0 Å². The van der Waals surface area contributed by atoms with Gasteiger partial charge in [0, 0.05) is 0 Å². The molecule has 0 saturated heterocycles. The molecule has 0 radical (unpaired) electrons. The van der Waals surface area contributed by atoms with Crippen LogP contribution < -0.4 is 0 Å². The second kappa shape index (κ2) is 1.30. The topological polar surface area (TPSA) is 0 Å². The molecule has 0 aromatic rings. The van der Waals surface area contributed by atoms with Crippen LogP contribution in [0.2, 0.25) is 0 Å². The molecule has 0 spiro atoms. The number of hydrogen-bond acceptors (Lipinski definition) is 1. The molecule has 0 N–H and O–H groups in total. The average molecular weight is 115 g/mol. The molecule has 42 valence electrons. The molecule has 0 aromatic heterocycles. The SMILES string of the molecule is CCC1(C)C#[S-]1C. The monoisotopic (exact) mass is 115 g/mol. The highest BCUT2D eigenvalue weighted by Crippen LogP contribution is 2.26. The highest BCUT2D eigenvalue weighted by atomic mass is 32.2. The van der Waals surface area contributed by atoms with Gasteiger partial charge >= 0.3 is 0 Å². The van der Waals surface area contributed by atoms with Crippen molar-refractivity contribution in [2.45, 2.75) is 25.0 Å². The lowest BCUT2D eigenvalue weighted by atomic mass is 10.2. The highest BCUT2D eigenvalue weighted by molar-refractivity contribution is 7.93. The minimum Gasteiger partial charge on any atom is -0.444 e. The fourth-order valence-corrected chi connectivity index (χ4v) is 2.03. The quantitative estimate of drug-likeness (QED) is 0.453. The van der Waals surface area contributed by atoms with E-state index in [1.54, 1.807) is 0 Å². The summed E-state index contributed by atoms with van der Waals surface area (Å²) in [5, 5.41) is 3.39. The molecule has 0 aliphatic carbocycles. The van der Waals surface area contributed by atoms with Crippen LogP contribution >= 0.6 is 0 Å². The van der Waals surface area contributed by atoms with Gasteiger partial charge in [0.15, 0.2) is 0 Å². The molecule has 1 heteroatoms. The van der Waals surface area contributed by atoms with Crippen molar-refractivity contribution in [2.24, 2.45) is 0 Å². The summed E-state index contributed by atoms with van der Waals surface area (Å²) in [5.41, 5.74) is 0. The molecule has 0 aromatic carbocycles. The third-order valence-corrected chi connectivity index (χ3v) is 3.97. The lowest BCUT2D eigenvalue weighted by Gasteiger charge is -2.17. The van der Waals surface area contributed by atoms with Gasteiger partial charge in [0.25, 0.3) is 0 Å². The Bertz CT molecular complexity index is 158. The van der Waals surface area contributed by atoms with Crippen LogP contribution in [-0.2, 0) is 10.3 Å². The lowest BCUT2D eigenvalue weighted by Crippen LogP contribution is -2.08. The van der Waals surface area contributed by atoms with Gasteiger partial charge in [0.05, 0.1) is 0 Å². The predicted molar refractivity (Wildman–Crippen MR) is 35.9 cm³/mol. The molecule has 1 atom stereocenters. The Morgan fingerprint density at radius 3 is 2.14 bits per heavy atom. The number of hydrogen-bond donors (Lipinski definition) is 0. The molecule has 0 nitrogen and oxygen atoms in total. The van der Waals surface area contributed by atoms with Gasteiger partial charge < -0.3 is 15.5 Å². The van der Waals surface area contributed by atoms with Gasteiger partial charge in [-0.25, -0.2) is 0 Å². The number of rotatable bonds is 1. The van der Waals surface area contributed by atoms with Crippen LogP contribution in [-0.4, -0.2) is 11.0 Å². The molecule has 1 heterocycles. The maximum absolute atomic E-state index is 3.39. The van der Waals surface area contributed by atoms with E-state index in [0.717, 1.165) is 0 Å². The molecule has 1 rings (SSSR count). The molecule has 1 aliphatic heterocycles. The van der Waals surface area contributed by atoms with Crippen molar-refractivity contribution in [2.75, 3.05) is 6.26 Å². The van der Waals surface area contributed by atoms with Crippen LogP contribution in [0, 0.1) is 5.18 Å². The van der Waals surface area contributed by atoms with Crippen molar-refractivity contribution in [3.63, 3.8) is 0 Å². The molecular formula is C6H11S-. The molecule has 1 aliphatic rings. The summed E-state index contributed by atoms with van der Waals surface area (Å²) in [6.45, 7) is 4.50. The minimum absolute atomic E-state index is 0.528. The van der Waals surface area contributed by atoms with Crippen LogP contribution in [0.5, 0.6) is 0 Å². The van der Waals surface area contributed by atoms with Gasteiger partial charge in [-0.3, -0.25) is 0 Å². The van der Waals surface area contributed by atoms with Gasteiger partial charge in [-0.15, -0.1) is 6.26 Å². The zero-order valence-electron chi connectivity index (χ0n) is 5.12. The van der Waals surface area contributed by atoms with Crippen molar-refractivity contribution < 1.29 is 0 Å². The molecule has 0 amide bonds. The van der Waals surface area contributed by atoms with Gasteiger partial charge in [-0.1, -0.05) is 25.0 Å². The second-order valence-corrected chi connectivity index (χ2v) is 4.32. The van der Waals surface area contributed by atoms with Gasteiger partial charge in [0.1, 0.15) is 0 Å². The van der Waals surface area contributed by atoms with Crippen LogP contribution in [0.3, 0.4) is 0 Å². The Balaban J connectivity index is 2.45. The first kappa shape index (κ1) is 5.27. The summed E-state index contributed by atoms with van der Waals surface area (Å²) in [5.74, 6) is 0. The van der Waals surface area contributed by atoms with E-state index in [1.807, 2.05) is 0 Å². The Hall–Kier alpha value is 0.130. The molecular weight excluding hydrogens is 104 g/mol. The largest absolute Gasteiger partial charge is 0.444 e. The third kappa shape index (κ3) is 0.711. The van der Waals surface area contributed by atoms with Crippen molar-refractivity contribution in [1.29, 1.82) is 0 Å². The fourth-order valence-electron chi connectivity index (χ4n) is 0.592. The maximum atomic E-state index is 3.39. The summed E-state index contributed by atoms with van der Waals surface area (Å²) in [4.78, 5) is 0. The van der Waals surface area contributed by atoms with E-state index in [-0.39, 0.29) is 0 Å². The zero-order chi connectivity index (χ0) is 5.49. The van der Waals surface area contributed by atoms with Gasteiger partial charge in [-0.2, -0.15) is 0 Å². The summed E-state index contributed by atoms with van der Waals surface area (Å²) in [7, 11) is 0.535. The van der Waals surface area contributed by atoms with E-state index >= 15 is 0 Å². The van der Waals surface area contributed by atoms with Gasteiger partial charge in [-0.05, 0) is 0 Å².